The molecule has 86 valence electrons. The van der Waals surface area contributed by atoms with Crippen LogP contribution < -0.4 is 0 Å². The molecule has 16 heavy (non-hydrogen) atoms. The smallest absolute Gasteiger partial charge is 0.306 e. The Morgan fingerprint density at radius 2 is 1.88 bits per heavy atom. The predicted octanol–water partition coefficient (Wildman–Crippen LogP) is 0.555. The Labute approximate surface area is 92.7 Å². The van der Waals surface area contributed by atoms with Crippen molar-refractivity contribution in [3.8, 4) is 0 Å². The number of nitrogens with zero attached hydrogens (tertiary/aromatic N) is 1. The van der Waals surface area contributed by atoms with E-state index in [-0.39, 0.29) is 17.9 Å². The van der Waals surface area contributed by atoms with Gasteiger partial charge in [-0.1, -0.05) is 6.42 Å². The molecule has 0 aromatic carbocycles. The van der Waals surface area contributed by atoms with Gasteiger partial charge in [-0.05, 0) is 19.3 Å². The summed E-state index contributed by atoms with van der Waals surface area (Å²) in [6, 6.07) is -0.246. The summed E-state index contributed by atoms with van der Waals surface area (Å²) in [4.78, 5) is 34.9. The zero-order chi connectivity index (χ0) is 11.7. The first-order chi connectivity index (χ1) is 7.59. The number of carbonyl (C=O) groups is 3. The molecule has 0 aromatic rings. The third kappa shape index (κ3) is 1.85. The van der Waals surface area contributed by atoms with Crippen molar-refractivity contribution in [2.24, 2.45) is 5.92 Å². The molecule has 2 rings (SSSR count). The fourth-order valence-corrected chi connectivity index (χ4v) is 2.39. The molecule has 2 aliphatic rings. The lowest BCUT2D eigenvalue weighted by atomic mass is 9.85. The first-order valence-corrected chi connectivity index (χ1v) is 5.37. The van der Waals surface area contributed by atoms with Crippen LogP contribution in [0.25, 0.3) is 0 Å². The minimum atomic E-state index is -0.836. The van der Waals surface area contributed by atoms with E-state index in [1.165, 1.54) is 17.1 Å². The van der Waals surface area contributed by atoms with E-state index in [4.69, 9.17) is 5.11 Å². The van der Waals surface area contributed by atoms with Crippen LogP contribution in [0, 0.1) is 5.92 Å². The number of carbonyl (C=O) groups excluding carboxylic acids is 2. The van der Waals surface area contributed by atoms with Crippen LogP contribution in [0.3, 0.4) is 0 Å². The van der Waals surface area contributed by atoms with Crippen LogP contribution in [0.1, 0.15) is 25.7 Å². The van der Waals surface area contributed by atoms with Crippen LogP contribution in [-0.2, 0) is 14.4 Å². The van der Waals surface area contributed by atoms with Gasteiger partial charge in [0.25, 0.3) is 11.8 Å². The van der Waals surface area contributed by atoms with Crippen molar-refractivity contribution >= 4 is 17.8 Å². The van der Waals surface area contributed by atoms with Crippen molar-refractivity contribution in [1.29, 1.82) is 0 Å². The van der Waals surface area contributed by atoms with Crippen LogP contribution in [0.15, 0.2) is 12.2 Å². The molecular weight excluding hydrogens is 210 g/mol. The van der Waals surface area contributed by atoms with E-state index >= 15 is 0 Å². The topological polar surface area (TPSA) is 74.7 Å². The lowest BCUT2D eigenvalue weighted by Gasteiger charge is -2.32. The second-order valence-corrected chi connectivity index (χ2v) is 4.24. The summed E-state index contributed by atoms with van der Waals surface area (Å²) in [7, 11) is 0. The lowest BCUT2D eigenvalue weighted by molar-refractivity contribution is -0.147. The summed E-state index contributed by atoms with van der Waals surface area (Å²) in [5.41, 5.74) is 0. The highest BCUT2D eigenvalue weighted by molar-refractivity contribution is 6.13. The molecule has 1 aliphatic heterocycles. The van der Waals surface area contributed by atoms with Gasteiger partial charge in [0, 0.05) is 18.2 Å². The van der Waals surface area contributed by atoms with Gasteiger partial charge in [-0.25, -0.2) is 0 Å². The molecule has 1 saturated carbocycles. The highest BCUT2D eigenvalue weighted by Crippen LogP contribution is 2.29. The molecule has 0 radical (unpaired) electrons. The minimum Gasteiger partial charge on any atom is -0.481 e. The second kappa shape index (κ2) is 4.08. The summed E-state index contributed by atoms with van der Waals surface area (Å²) in [6.45, 7) is 0. The molecule has 1 aliphatic carbocycles. The van der Waals surface area contributed by atoms with Gasteiger partial charge in [-0.2, -0.15) is 0 Å². The van der Waals surface area contributed by atoms with Gasteiger partial charge >= 0.3 is 5.97 Å². The highest BCUT2D eigenvalue weighted by atomic mass is 16.4. The molecule has 5 heteroatoms. The Hall–Kier alpha value is -1.65. The first-order valence-electron chi connectivity index (χ1n) is 5.37. The SMILES string of the molecule is O=C(O)C1CCCC(N2C(=O)C=CC2=O)C1. The second-order valence-electron chi connectivity index (χ2n) is 4.24. The maximum Gasteiger partial charge on any atom is 0.306 e. The third-order valence-electron chi connectivity index (χ3n) is 3.20. The number of aliphatic carboxylic acids is 1. The Morgan fingerprint density at radius 3 is 2.44 bits per heavy atom. The largest absolute Gasteiger partial charge is 0.481 e. The maximum absolute atomic E-state index is 11.4. The molecule has 0 spiro atoms. The summed E-state index contributed by atoms with van der Waals surface area (Å²) < 4.78 is 0. The first kappa shape index (κ1) is 10.9. The van der Waals surface area contributed by atoms with Crippen LogP contribution in [0.2, 0.25) is 0 Å². The number of hydrogen-bond donors (Lipinski definition) is 1. The average molecular weight is 223 g/mol. The van der Waals surface area contributed by atoms with Crippen molar-refractivity contribution in [3.63, 3.8) is 0 Å². The molecule has 0 bridgehead atoms. The molecule has 1 fully saturated rings. The number of imide groups is 1. The molecule has 2 unspecified atom stereocenters. The van der Waals surface area contributed by atoms with Crippen molar-refractivity contribution < 1.29 is 19.5 Å². The molecule has 2 amide bonds. The molecule has 5 nitrogen and oxygen atoms in total. The van der Waals surface area contributed by atoms with Crippen molar-refractivity contribution in [3.05, 3.63) is 12.2 Å². The molecular formula is C11H13NO4. The minimum absolute atomic E-state index is 0.246. The van der Waals surface area contributed by atoms with E-state index in [0.29, 0.717) is 19.3 Å². The van der Waals surface area contributed by atoms with Crippen molar-refractivity contribution in [2.45, 2.75) is 31.7 Å². The predicted molar refractivity (Wildman–Crippen MR) is 54.4 cm³/mol. The van der Waals surface area contributed by atoms with E-state index < -0.39 is 11.9 Å². The van der Waals surface area contributed by atoms with E-state index in [1.807, 2.05) is 0 Å². The summed E-state index contributed by atoms with van der Waals surface area (Å²) >= 11 is 0. The van der Waals surface area contributed by atoms with Crippen LogP contribution >= 0.6 is 0 Å². The van der Waals surface area contributed by atoms with Crippen molar-refractivity contribution in [1.82, 2.24) is 4.90 Å². The monoisotopic (exact) mass is 223 g/mol. The molecule has 0 saturated heterocycles. The normalized spacial score (nSPS) is 29.9. The summed E-state index contributed by atoms with van der Waals surface area (Å²) in [5, 5.41) is 8.93. The average Bonchev–Trinajstić information content (AvgIpc) is 2.59. The van der Waals surface area contributed by atoms with Crippen LogP contribution in [0.4, 0.5) is 0 Å². The van der Waals surface area contributed by atoms with E-state index in [1.54, 1.807) is 0 Å². The molecule has 0 aromatic heterocycles. The van der Waals surface area contributed by atoms with Crippen LogP contribution in [-0.4, -0.2) is 33.8 Å². The Balaban J connectivity index is 2.07. The zero-order valence-corrected chi connectivity index (χ0v) is 8.76. The van der Waals surface area contributed by atoms with Gasteiger partial charge in [0.15, 0.2) is 0 Å². The maximum atomic E-state index is 11.4. The number of carboxylic acid groups (broad SMARTS) is 1. The van der Waals surface area contributed by atoms with Gasteiger partial charge in [0.1, 0.15) is 0 Å². The zero-order valence-electron chi connectivity index (χ0n) is 8.76. The van der Waals surface area contributed by atoms with Gasteiger partial charge < -0.3 is 5.11 Å². The number of amides is 2. The molecule has 1 N–H and O–H groups in total. The van der Waals surface area contributed by atoms with Gasteiger partial charge in [-0.15, -0.1) is 0 Å². The lowest BCUT2D eigenvalue weighted by Crippen LogP contribution is -2.43. The summed E-state index contributed by atoms with van der Waals surface area (Å²) in [6.07, 6.45) is 4.96. The van der Waals surface area contributed by atoms with Gasteiger partial charge in [0.05, 0.1) is 5.92 Å². The summed E-state index contributed by atoms with van der Waals surface area (Å²) in [5.74, 6) is -1.90. The molecule has 2 atom stereocenters. The Morgan fingerprint density at radius 1 is 1.25 bits per heavy atom. The number of hydrogen-bond acceptors (Lipinski definition) is 3. The van der Waals surface area contributed by atoms with Crippen molar-refractivity contribution in [2.75, 3.05) is 0 Å². The van der Waals surface area contributed by atoms with E-state index in [9.17, 15) is 14.4 Å². The Kier molecular flexibility index (Phi) is 2.77. The van der Waals surface area contributed by atoms with Gasteiger partial charge in [-0.3, -0.25) is 19.3 Å². The number of carboxylic acids is 1. The number of rotatable bonds is 2. The fourth-order valence-electron chi connectivity index (χ4n) is 2.39. The van der Waals surface area contributed by atoms with Gasteiger partial charge in [0.2, 0.25) is 0 Å². The standard InChI is InChI=1S/C11H13NO4/c13-9-4-5-10(14)12(9)8-3-1-2-7(6-8)11(15)16/h4-5,7-8H,1-3,6H2,(H,15,16). The fraction of sp³-hybridized carbons (Fsp3) is 0.545. The van der Waals surface area contributed by atoms with Crippen LogP contribution in [0.5, 0.6) is 0 Å². The highest BCUT2D eigenvalue weighted by Gasteiger charge is 2.36. The van der Waals surface area contributed by atoms with E-state index in [0.717, 1.165) is 6.42 Å². The third-order valence-corrected chi connectivity index (χ3v) is 3.20. The Bertz CT molecular complexity index is 356. The van der Waals surface area contributed by atoms with E-state index in [2.05, 4.69) is 0 Å². The molecule has 1 heterocycles. The quantitative estimate of drug-likeness (QED) is 0.694.